The van der Waals surface area contributed by atoms with Gasteiger partial charge < -0.3 is 13.9 Å². The molecule has 2 atom stereocenters. The Balaban J connectivity index is 1.30. The maximum absolute atomic E-state index is 12.4. The Bertz CT molecular complexity index is 1430. The fraction of sp³-hybridized carbons (Fsp3) is 0.143. The van der Waals surface area contributed by atoms with E-state index in [0.717, 1.165) is 38.6 Å². The van der Waals surface area contributed by atoms with Crippen LogP contribution in [-0.2, 0) is 0 Å². The van der Waals surface area contributed by atoms with E-state index in [0.29, 0.717) is 17.7 Å². The number of carbonyl (C=O) groups is 1. The van der Waals surface area contributed by atoms with Crippen molar-refractivity contribution in [2.45, 2.75) is 25.6 Å². The molecule has 0 amide bonds. The Labute approximate surface area is 210 Å². The maximum Gasteiger partial charge on any atom is 0.343 e. The number of benzene rings is 3. The summed E-state index contributed by atoms with van der Waals surface area (Å²) in [6.07, 6.45) is 0.282. The zero-order valence-electron chi connectivity index (χ0n) is 18.9. The molecule has 0 spiro atoms. The fourth-order valence-electron chi connectivity index (χ4n) is 4.46. The standard InChI is InChI=1S/C28H21BrN2O4/c1-17-7-13-26(33-17)23-16-24-22-15-20(29)10-14-25(22)35-27(31(24)30-23)18-8-11-21(12-9-18)34-28(32)19-5-3-2-4-6-19/h2-15,24,27H,16H2,1H3/t24-,27+/m0/s1. The van der Waals surface area contributed by atoms with Crippen molar-refractivity contribution in [3.63, 3.8) is 0 Å². The summed E-state index contributed by atoms with van der Waals surface area (Å²) in [6, 6.07) is 26.3. The summed E-state index contributed by atoms with van der Waals surface area (Å²) in [5, 5.41) is 6.91. The van der Waals surface area contributed by atoms with Crippen LogP contribution >= 0.6 is 15.9 Å². The summed E-state index contributed by atoms with van der Waals surface area (Å²) in [6.45, 7) is 1.93. The molecule has 0 bridgehead atoms. The molecular formula is C28H21BrN2O4. The van der Waals surface area contributed by atoms with E-state index in [1.54, 1.807) is 24.3 Å². The zero-order valence-corrected chi connectivity index (χ0v) is 20.4. The van der Waals surface area contributed by atoms with E-state index in [4.69, 9.17) is 19.0 Å². The molecule has 1 aromatic heterocycles. The summed E-state index contributed by atoms with van der Waals surface area (Å²) in [5.74, 6) is 2.52. The van der Waals surface area contributed by atoms with Crippen LogP contribution in [0, 0.1) is 6.92 Å². The van der Waals surface area contributed by atoms with Crippen molar-refractivity contribution >= 4 is 27.6 Å². The van der Waals surface area contributed by atoms with Gasteiger partial charge >= 0.3 is 5.97 Å². The SMILES string of the molecule is Cc1ccc(C2=NN3[C@@H](c4ccc(OC(=O)c5ccccc5)cc4)Oc4ccc(Br)cc4[C@@H]3C2)o1. The van der Waals surface area contributed by atoms with Gasteiger partial charge in [-0.15, -0.1) is 0 Å². The number of fused-ring (bicyclic) bond motifs is 3. The summed E-state index contributed by atoms with van der Waals surface area (Å²) < 4.78 is 18.8. The van der Waals surface area contributed by atoms with E-state index >= 15 is 0 Å². The second-order valence-electron chi connectivity index (χ2n) is 8.53. The predicted octanol–water partition coefficient (Wildman–Crippen LogP) is 6.81. The average molecular weight is 529 g/mol. The number of halogens is 1. The summed E-state index contributed by atoms with van der Waals surface area (Å²) in [4.78, 5) is 12.4. The van der Waals surface area contributed by atoms with Crippen molar-refractivity contribution in [1.29, 1.82) is 0 Å². The number of hydrazone groups is 1. The van der Waals surface area contributed by atoms with E-state index in [9.17, 15) is 4.79 Å². The Morgan fingerprint density at radius 2 is 1.83 bits per heavy atom. The molecule has 35 heavy (non-hydrogen) atoms. The molecule has 0 fully saturated rings. The zero-order chi connectivity index (χ0) is 23.9. The Morgan fingerprint density at radius 3 is 2.57 bits per heavy atom. The van der Waals surface area contributed by atoms with Crippen LogP contribution in [-0.4, -0.2) is 16.7 Å². The smallest absolute Gasteiger partial charge is 0.343 e. The van der Waals surface area contributed by atoms with Crippen molar-refractivity contribution in [3.05, 3.63) is 118 Å². The number of nitrogens with zero attached hydrogens (tertiary/aromatic N) is 2. The lowest BCUT2D eigenvalue weighted by Crippen LogP contribution is -2.33. The predicted molar refractivity (Wildman–Crippen MR) is 135 cm³/mol. The van der Waals surface area contributed by atoms with Crippen LogP contribution in [0.2, 0.25) is 0 Å². The van der Waals surface area contributed by atoms with Crippen molar-refractivity contribution in [3.8, 4) is 11.5 Å². The van der Waals surface area contributed by atoms with Gasteiger partial charge in [0.2, 0.25) is 6.23 Å². The van der Waals surface area contributed by atoms with Crippen molar-refractivity contribution in [2.75, 3.05) is 0 Å². The highest BCUT2D eigenvalue weighted by Gasteiger charge is 2.41. The highest BCUT2D eigenvalue weighted by atomic mass is 79.9. The van der Waals surface area contributed by atoms with Crippen LogP contribution in [0.5, 0.6) is 11.5 Å². The van der Waals surface area contributed by atoms with Crippen LogP contribution in [0.4, 0.5) is 0 Å². The van der Waals surface area contributed by atoms with Gasteiger partial charge in [0.1, 0.15) is 28.7 Å². The second kappa shape index (κ2) is 8.74. The third kappa shape index (κ3) is 4.12. The molecule has 0 aliphatic carbocycles. The number of rotatable bonds is 4. The van der Waals surface area contributed by atoms with Gasteiger partial charge in [-0.3, -0.25) is 0 Å². The fourth-order valence-corrected chi connectivity index (χ4v) is 4.84. The number of furan rings is 1. The van der Waals surface area contributed by atoms with E-state index in [1.165, 1.54) is 0 Å². The number of carbonyl (C=O) groups excluding carboxylic acids is 1. The minimum atomic E-state index is -0.430. The van der Waals surface area contributed by atoms with Crippen LogP contribution in [0.25, 0.3) is 0 Å². The van der Waals surface area contributed by atoms with E-state index < -0.39 is 12.2 Å². The maximum atomic E-state index is 12.4. The Kier molecular flexibility index (Phi) is 5.41. The summed E-state index contributed by atoms with van der Waals surface area (Å²) in [7, 11) is 0. The first-order chi connectivity index (χ1) is 17.0. The monoisotopic (exact) mass is 528 g/mol. The first kappa shape index (κ1) is 21.7. The van der Waals surface area contributed by atoms with Gasteiger partial charge in [-0.2, -0.15) is 5.10 Å². The average Bonchev–Trinajstić information content (AvgIpc) is 3.51. The van der Waals surface area contributed by atoms with Crippen molar-refractivity contribution in [2.24, 2.45) is 5.10 Å². The molecule has 0 saturated carbocycles. The van der Waals surface area contributed by atoms with Crippen molar-refractivity contribution < 1.29 is 18.7 Å². The number of aryl methyl sites for hydroxylation is 1. The molecule has 6 rings (SSSR count). The first-order valence-corrected chi connectivity index (χ1v) is 12.1. The van der Waals surface area contributed by atoms with Gasteiger partial charge in [0.05, 0.1) is 11.6 Å². The van der Waals surface area contributed by atoms with E-state index in [2.05, 4.69) is 22.0 Å². The lowest BCUT2D eigenvalue weighted by molar-refractivity contribution is -0.0191. The van der Waals surface area contributed by atoms with Crippen LogP contribution < -0.4 is 9.47 Å². The molecule has 0 unspecified atom stereocenters. The van der Waals surface area contributed by atoms with E-state index in [-0.39, 0.29) is 6.04 Å². The minimum Gasteiger partial charge on any atom is -0.464 e. The topological polar surface area (TPSA) is 64.3 Å². The highest BCUT2D eigenvalue weighted by Crippen LogP contribution is 2.48. The molecule has 6 nitrogen and oxygen atoms in total. The molecule has 2 aliphatic heterocycles. The Morgan fingerprint density at radius 1 is 1.03 bits per heavy atom. The first-order valence-electron chi connectivity index (χ1n) is 11.3. The third-order valence-corrected chi connectivity index (χ3v) is 6.66. The molecule has 7 heteroatoms. The second-order valence-corrected chi connectivity index (χ2v) is 9.45. The van der Waals surface area contributed by atoms with Gasteiger partial charge in [0.25, 0.3) is 0 Å². The molecule has 3 aromatic carbocycles. The molecule has 3 heterocycles. The molecule has 0 saturated heterocycles. The van der Waals surface area contributed by atoms with Crippen LogP contribution in [0.15, 0.2) is 98.9 Å². The third-order valence-electron chi connectivity index (χ3n) is 6.16. The lowest BCUT2D eigenvalue weighted by atomic mass is 9.97. The van der Waals surface area contributed by atoms with Crippen LogP contribution in [0.1, 0.15) is 51.7 Å². The molecule has 2 aliphatic rings. The Hall–Kier alpha value is -3.84. The normalized spacial score (nSPS) is 18.3. The number of esters is 1. The molecule has 174 valence electrons. The summed E-state index contributed by atoms with van der Waals surface area (Å²) in [5.41, 5.74) is 3.37. The van der Waals surface area contributed by atoms with Gasteiger partial charge in [-0.05, 0) is 73.7 Å². The quantitative estimate of drug-likeness (QED) is 0.215. The van der Waals surface area contributed by atoms with Gasteiger partial charge in [-0.25, -0.2) is 9.80 Å². The summed E-state index contributed by atoms with van der Waals surface area (Å²) >= 11 is 3.58. The number of hydrogen-bond donors (Lipinski definition) is 0. The lowest BCUT2D eigenvalue weighted by Gasteiger charge is -2.38. The van der Waals surface area contributed by atoms with Crippen LogP contribution in [0.3, 0.4) is 0 Å². The highest BCUT2D eigenvalue weighted by molar-refractivity contribution is 9.10. The molecule has 4 aromatic rings. The number of ether oxygens (including phenoxy) is 2. The number of hydrogen-bond acceptors (Lipinski definition) is 6. The molecular weight excluding hydrogens is 508 g/mol. The van der Waals surface area contributed by atoms with Crippen molar-refractivity contribution in [1.82, 2.24) is 5.01 Å². The minimum absolute atomic E-state index is 0.0113. The van der Waals surface area contributed by atoms with Gasteiger partial charge in [0, 0.05) is 22.0 Å². The van der Waals surface area contributed by atoms with E-state index in [1.807, 2.05) is 66.5 Å². The van der Waals surface area contributed by atoms with Gasteiger partial charge in [-0.1, -0.05) is 34.1 Å². The molecule has 0 radical (unpaired) electrons. The van der Waals surface area contributed by atoms with Gasteiger partial charge in [0.15, 0.2) is 0 Å². The molecule has 0 N–H and O–H groups in total. The largest absolute Gasteiger partial charge is 0.464 e.